The van der Waals surface area contributed by atoms with Crippen LogP contribution < -0.4 is 5.32 Å². The Kier molecular flexibility index (Phi) is 5.47. The van der Waals surface area contributed by atoms with Crippen molar-refractivity contribution in [2.75, 3.05) is 5.32 Å². The van der Waals surface area contributed by atoms with Gasteiger partial charge >= 0.3 is 0 Å². The van der Waals surface area contributed by atoms with Gasteiger partial charge in [-0.2, -0.15) is 0 Å². The number of Topliss-reactive ketones (excluding diaryl/α,β-unsaturated/α-hetero) is 2. The number of anilines is 1. The van der Waals surface area contributed by atoms with E-state index >= 15 is 0 Å². The summed E-state index contributed by atoms with van der Waals surface area (Å²) in [5.41, 5.74) is 1.07. The Labute approximate surface area is 164 Å². The number of allylic oxidation sites excluding steroid dienone is 1. The molecule has 0 amide bonds. The average Bonchev–Trinajstić information content (AvgIpc) is 2.61. The molecule has 2 aromatic carbocycles. The SMILES string of the molecule is CC(=O)C1=C(Nc2ccccc2)C[C@@](C)(O)[C@H](C(C)=O)[C@H]1c1ccc(F)cc1. The van der Waals surface area contributed by atoms with E-state index in [2.05, 4.69) is 5.32 Å². The molecule has 2 aromatic rings. The predicted octanol–water partition coefficient (Wildman–Crippen LogP) is 4.22. The lowest BCUT2D eigenvalue weighted by molar-refractivity contribution is -0.131. The highest BCUT2D eigenvalue weighted by Gasteiger charge is 2.49. The quantitative estimate of drug-likeness (QED) is 0.814. The first-order valence-electron chi connectivity index (χ1n) is 9.25. The maximum atomic E-state index is 13.5. The van der Waals surface area contributed by atoms with Gasteiger partial charge in [0.25, 0.3) is 0 Å². The first kappa shape index (κ1) is 20.0. The predicted molar refractivity (Wildman–Crippen MR) is 106 cm³/mol. The summed E-state index contributed by atoms with van der Waals surface area (Å²) in [5.74, 6) is -2.27. The van der Waals surface area contributed by atoms with Gasteiger partial charge in [-0.3, -0.25) is 9.59 Å². The molecule has 0 bridgehead atoms. The molecule has 0 heterocycles. The molecule has 0 aromatic heterocycles. The van der Waals surface area contributed by atoms with E-state index in [0.29, 0.717) is 16.8 Å². The minimum absolute atomic E-state index is 0.138. The molecule has 2 N–H and O–H groups in total. The van der Waals surface area contributed by atoms with Gasteiger partial charge in [0.1, 0.15) is 11.6 Å². The van der Waals surface area contributed by atoms with E-state index in [1.807, 2.05) is 30.3 Å². The second-order valence-electron chi connectivity index (χ2n) is 7.59. The number of benzene rings is 2. The number of aliphatic hydroxyl groups is 1. The van der Waals surface area contributed by atoms with E-state index in [1.165, 1.54) is 26.0 Å². The second kappa shape index (κ2) is 7.68. The van der Waals surface area contributed by atoms with Crippen LogP contribution in [0.25, 0.3) is 0 Å². The molecule has 0 saturated carbocycles. The van der Waals surface area contributed by atoms with Crippen molar-refractivity contribution in [3.63, 3.8) is 0 Å². The van der Waals surface area contributed by atoms with Crippen molar-refractivity contribution in [2.24, 2.45) is 5.92 Å². The summed E-state index contributed by atoms with van der Waals surface area (Å²) in [6.07, 6.45) is 0.138. The molecule has 0 fully saturated rings. The van der Waals surface area contributed by atoms with E-state index in [1.54, 1.807) is 19.1 Å². The van der Waals surface area contributed by atoms with Gasteiger partial charge in [0.2, 0.25) is 0 Å². The third-order valence-corrected chi connectivity index (χ3v) is 5.29. The molecule has 3 atom stereocenters. The highest BCUT2D eigenvalue weighted by atomic mass is 19.1. The lowest BCUT2D eigenvalue weighted by Crippen LogP contribution is -2.48. The number of nitrogens with one attached hydrogen (secondary N) is 1. The van der Waals surface area contributed by atoms with Gasteiger partial charge in [0, 0.05) is 29.3 Å². The number of hydrogen-bond donors (Lipinski definition) is 2. The van der Waals surface area contributed by atoms with Crippen LogP contribution in [0.15, 0.2) is 65.9 Å². The Morgan fingerprint density at radius 1 is 1.07 bits per heavy atom. The maximum Gasteiger partial charge on any atom is 0.158 e. The first-order chi connectivity index (χ1) is 13.2. The smallest absolute Gasteiger partial charge is 0.158 e. The van der Waals surface area contributed by atoms with Crippen LogP contribution in [0.1, 0.15) is 38.7 Å². The number of halogens is 1. The van der Waals surface area contributed by atoms with Crippen molar-refractivity contribution in [1.82, 2.24) is 0 Å². The van der Waals surface area contributed by atoms with Crippen molar-refractivity contribution in [3.8, 4) is 0 Å². The normalized spacial score (nSPS) is 24.8. The second-order valence-corrected chi connectivity index (χ2v) is 7.59. The Hall–Kier alpha value is -2.79. The molecule has 4 nitrogen and oxygen atoms in total. The van der Waals surface area contributed by atoms with Crippen LogP contribution in [0, 0.1) is 11.7 Å². The van der Waals surface area contributed by atoms with Gasteiger partial charge in [0.05, 0.1) is 11.5 Å². The van der Waals surface area contributed by atoms with Gasteiger partial charge in [-0.05, 0) is 50.6 Å². The molecule has 28 heavy (non-hydrogen) atoms. The molecule has 0 saturated heterocycles. The zero-order valence-electron chi connectivity index (χ0n) is 16.2. The molecule has 146 valence electrons. The molecule has 3 rings (SSSR count). The van der Waals surface area contributed by atoms with E-state index in [-0.39, 0.29) is 18.0 Å². The summed E-state index contributed by atoms with van der Waals surface area (Å²) >= 11 is 0. The summed E-state index contributed by atoms with van der Waals surface area (Å²) in [6.45, 7) is 4.48. The van der Waals surface area contributed by atoms with Crippen LogP contribution in [-0.4, -0.2) is 22.3 Å². The Bertz CT molecular complexity index is 917. The summed E-state index contributed by atoms with van der Waals surface area (Å²) in [4.78, 5) is 25.2. The van der Waals surface area contributed by atoms with E-state index in [0.717, 1.165) is 5.69 Å². The Balaban J connectivity index is 2.21. The molecule has 0 unspecified atom stereocenters. The largest absolute Gasteiger partial charge is 0.389 e. The third kappa shape index (κ3) is 3.90. The van der Waals surface area contributed by atoms with Crippen LogP contribution in [0.4, 0.5) is 10.1 Å². The molecule has 0 radical (unpaired) electrons. The number of carbonyl (C=O) groups is 2. The fourth-order valence-electron chi connectivity index (χ4n) is 4.22. The zero-order chi connectivity index (χ0) is 20.5. The van der Waals surface area contributed by atoms with Crippen molar-refractivity contribution in [3.05, 3.63) is 77.2 Å². The van der Waals surface area contributed by atoms with E-state index < -0.39 is 23.3 Å². The number of carbonyl (C=O) groups excluding carboxylic acids is 2. The molecule has 0 spiro atoms. The maximum absolute atomic E-state index is 13.5. The van der Waals surface area contributed by atoms with Gasteiger partial charge in [-0.1, -0.05) is 30.3 Å². The fraction of sp³-hybridized carbons (Fsp3) is 0.304. The van der Waals surface area contributed by atoms with Crippen LogP contribution >= 0.6 is 0 Å². The molecule has 0 aliphatic heterocycles. The van der Waals surface area contributed by atoms with Crippen molar-refractivity contribution in [2.45, 2.75) is 38.7 Å². The molecular weight excluding hydrogens is 357 g/mol. The summed E-state index contributed by atoms with van der Waals surface area (Å²) in [7, 11) is 0. The average molecular weight is 381 g/mol. The third-order valence-electron chi connectivity index (χ3n) is 5.29. The molecule has 1 aliphatic rings. The highest BCUT2D eigenvalue weighted by molar-refractivity contribution is 5.98. The van der Waals surface area contributed by atoms with Gasteiger partial charge in [-0.15, -0.1) is 0 Å². The lowest BCUT2D eigenvalue weighted by atomic mass is 9.64. The van der Waals surface area contributed by atoms with Crippen molar-refractivity contribution < 1.29 is 19.1 Å². The van der Waals surface area contributed by atoms with Crippen LogP contribution in [0.3, 0.4) is 0 Å². The fourth-order valence-corrected chi connectivity index (χ4v) is 4.22. The van der Waals surface area contributed by atoms with Crippen LogP contribution in [0.5, 0.6) is 0 Å². The minimum Gasteiger partial charge on any atom is -0.389 e. The topological polar surface area (TPSA) is 66.4 Å². The van der Waals surface area contributed by atoms with E-state index in [9.17, 15) is 19.1 Å². The van der Waals surface area contributed by atoms with Crippen molar-refractivity contribution >= 4 is 17.3 Å². The van der Waals surface area contributed by atoms with Crippen molar-refractivity contribution in [1.29, 1.82) is 0 Å². The summed E-state index contributed by atoms with van der Waals surface area (Å²) in [6, 6.07) is 15.1. The number of ketones is 2. The summed E-state index contributed by atoms with van der Waals surface area (Å²) < 4.78 is 13.5. The van der Waals surface area contributed by atoms with Crippen LogP contribution in [-0.2, 0) is 9.59 Å². The van der Waals surface area contributed by atoms with Crippen LogP contribution in [0.2, 0.25) is 0 Å². The van der Waals surface area contributed by atoms with Gasteiger partial charge < -0.3 is 10.4 Å². The van der Waals surface area contributed by atoms with Gasteiger partial charge in [0.15, 0.2) is 5.78 Å². The highest BCUT2D eigenvalue weighted by Crippen LogP contribution is 2.47. The number of rotatable bonds is 5. The monoisotopic (exact) mass is 381 g/mol. The minimum atomic E-state index is -1.36. The standard InChI is InChI=1S/C23H24FNO3/c1-14(26)20-19(25-18-7-5-4-6-8-18)13-23(3,28)22(15(2)27)21(20)16-9-11-17(24)12-10-16/h4-12,21-22,25,28H,13H2,1-3H3/t21-,22+,23+/m0/s1. The molecular formula is C23H24FNO3. The Morgan fingerprint density at radius 2 is 1.68 bits per heavy atom. The number of hydrogen-bond acceptors (Lipinski definition) is 4. The zero-order valence-corrected chi connectivity index (χ0v) is 16.2. The van der Waals surface area contributed by atoms with E-state index in [4.69, 9.17) is 0 Å². The Morgan fingerprint density at radius 3 is 2.21 bits per heavy atom. The summed E-state index contributed by atoms with van der Waals surface area (Å²) in [5, 5.41) is 14.4. The molecule has 5 heteroatoms. The first-order valence-corrected chi connectivity index (χ1v) is 9.25. The number of para-hydroxylation sites is 1. The lowest BCUT2D eigenvalue weighted by Gasteiger charge is -2.43. The van der Waals surface area contributed by atoms with Gasteiger partial charge in [-0.25, -0.2) is 4.39 Å². The molecule has 1 aliphatic carbocycles.